The summed E-state index contributed by atoms with van der Waals surface area (Å²) in [4.78, 5) is 7.22. The van der Waals surface area contributed by atoms with Gasteiger partial charge < -0.3 is 15.5 Å². The van der Waals surface area contributed by atoms with Gasteiger partial charge in [-0.3, -0.25) is 0 Å². The number of aromatic nitrogens is 2. The van der Waals surface area contributed by atoms with E-state index in [9.17, 15) is 0 Å². The second-order valence-electron chi connectivity index (χ2n) is 3.04. The fourth-order valence-electron chi connectivity index (χ4n) is 1.32. The first kappa shape index (κ1) is 9.02. The van der Waals surface area contributed by atoms with Crippen molar-refractivity contribution < 1.29 is 4.74 Å². The van der Waals surface area contributed by atoms with Gasteiger partial charge in [-0.2, -0.15) is 0 Å². The van der Waals surface area contributed by atoms with Crippen LogP contribution in [0.2, 0.25) is 0 Å². The quantitative estimate of drug-likeness (QED) is 0.716. The zero-order chi connectivity index (χ0) is 9.80. The molecule has 14 heavy (non-hydrogen) atoms. The molecular weight excluding hydrogens is 178 g/mol. The molecule has 0 bridgehead atoms. The average Bonchev–Trinajstić information content (AvgIpc) is 2.63. The van der Waals surface area contributed by atoms with Gasteiger partial charge in [-0.25, -0.2) is 4.98 Å². The molecule has 4 nitrogen and oxygen atoms in total. The van der Waals surface area contributed by atoms with Crippen molar-refractivity contribution in [2.45, 2.75) is 6.42 Å². The molecule has 0 fully saturated rings. The molecule has 2 aromatic heterocycles. The molecule has 74 valence electrons. The Bertz CT molecular complexity index is 410. The van der Waals surface area contributed by atoms with Crippen LogP contribution in [0, 0.1) is 0 Å². The van der Waals surface area contributed by atoms with Crippen molar-refractivity contribution in [2.24, 2.45) is 5.73 Å². The molecule has 0 aliphatic rings. The monoisotopic (exact) mass is 191 g/mol. The van der Waals surface area contributed by atoms with E-state index >= 15 is 0 Å². The molecule has 0 amide bonds. The Balaban J connectivity index is 2.17. The van der Waals surface area contributed by atoms with Crippen molar-refractivity contribution in [1.82, 2.24) is 9.97 Å². The van der Waals surface area contributed by atoms with Gasteiger partial charge in [0.15, 0.2) is 0 Å². The third kappa shape index (κ3) is 1.70. The van der Waals surface area contributed by atoms with Crippen molar-refractivity contribution in [3.05, 3.63) is 24.5 Å². The van der Waals surface area contributed by atoms with Crippen LogP contribution in [0.15, 0.2) is 24.5 Å². The molecule has 0 spiro atoms. The van der Waals surface area contributed by atoms with E-state index in [1.165, 1.54) is 0 Å². The van der Waals surface area contributed by atoms with Crippen LogP contribution in [0.4, 0.5) is 0 Å². The minimum Gasteiger partial charge on any atom is -0.491 e. The standard InChI is InChI=1S/C10H13N3O/c11-4-2-6-14-9-7-13-10-8(9)3-1-5-12-10/h1,3,5,7H,2,4,6,11H2,(H,12,13). The molecule has 0 aliphatic heterocycles. The Morgan fingerprint density at radius 2 is 2.43 bits per heavy atom. The minimum absolute atomic E-state index is 0.651. The highest BCUT2D eigenvalue weighted by Gasteiger charge is 2.03. The predicted molar refractivity (Wildman–Crippen MR) is 55.3 cm³/mol. The third-order valence-electron chi connectivity index (χ3n) is 2.02. The molecule has 4 heteroatoms. The van der Waals surface area contributed by atoms with Crippen LogP contribution in [-0.4, -0.2) is 23.1 Å². The van der Waals surface area contributed by atoms with E-state index in [0.29, 0.717) is 13.2 Å². The first-order chi connectivity index (χ1) is 6.92. The molecule has 2 aromatic rings. The molecule has 2 rings (SSSR count). The van der Waals surface area contributed by atoms with Gasteiger partial charge in [0.2, 0.25) is 0 Å². The second kappa shape index (κ2) is 4.11. The number of hydrogen-bond donors (Lipinski definition) is 2. The van der Waals surface area contributed by atoms with Crippen LogP contribution in [-0.2, 0) is 0 Å². The highest BCUT2D eigenvalue weighted by molar-refractivity contribution is 5.82. The highest BCUT2D eigenvalue weighted by Crippen LogP contribution is 2.23. The molecule has 3 N–H and O–H groups in total. The number of hydrogen-bond acceptors (Lipinski definition) is 3. The van der Waals surface area contributed by atoms with Gasteiger partial charge in [0.1, 0.15) is 11.4 Å². The first-order valence-corrected chi connectivity index (χ1v) is 4.67. The molecule has 0 aliphatic carbocycles. The SMILES string of the molecule is NCCCOc1c[nH]c2ncccc12. The van der Waals surface area contributed by atoms with Crippen LogP contribution < -0.4 is 10.5 Å². The lowest BCUT2D eigenvalue weighted by Crippen LogP contribution is -2.05. The Morgan fingerprint density at radius 1 is 1.50 bits per heavy atom. The van der Waals surface area contributed by atoms with E-state index in [0.717, 1.165) is 23.2 Å². The molecule has 0 aromatic carbocycles. The molecule has 0 atom stereocenters. The maximum atomic E-state index is 5.55. The largest absolute Gasteiger partial charge is 0.491 e. The number of nitrogens with two attached hydrogens (primary N) is 1. The summed E-state index contributed by atoms with van der Waals surface area (Å²) < 4.78 is 5.55. The summed E-state index contributed by atoms with van der Waals surface area (Å²) in [5.41, 5.74) is 6.24. The number of nitrogens with one attached hydrogen (secondary N) is 1. The van der Waals surface area contributed by atoms with Gasteiger partial charge in [-0.1, -0.05) is 0 Å². The first-order valence-electron chi connectivity index (χ1n) is 4.67. The number of nitrogens with zero attached hydrogens (tertiary/aromatic N) is 1. The highest BCUT2D eigenvalue weighted by atomic mass is 16.5. The summed E-state index contributed by atoms with van der Waals surface area (Å²) in [5.74, 6) is 0.849. The van der Waals surface area contributed by atoms with Gasteiger partial charge in [0.05, 0.1) is 12.0 Å². The lowest BCUT2D eigenvalue weighted by Gasteiger charge is -2.02. The van der Waals surface area contributed by atoms with Crippen molar-refractivity contribution in [2.75, 3.05) is 13.2 Å². The summed E-state index contributed by atoms with van der Waals surface area (Å²) >= 11 is 0. The molecule has 0 saturated heterocycles. The maximum Gasteiger partial charge on any atom is 0.146 e. The van der Waals surface area contributed by atoms with E-state index in [-0.39, 0.29) is 0 Å². The normalized spacial score (nSPS) is 10.6. The minimum atomic E-state index is 0.651. The van der Waals surface area contributed by atoms with Crippen molar-refractivity contribution >= 4 is 11.0 Å². The summed E-state index contributed by atoms with van der Waals surface area (Å²) in [6.45, 7) is 1.30. The molecule has 0 saturated carbocycles. The Labute approximate surface area is 82.1 Å². The molecule has 2 heterocycles. The zero-order valence-corrected chi connectivity index (χ0v) is 7.86. The van der Waals surface area contributed by atoms with Crippen LogP contribution in [0.5, 0.6) is 5.75 Å². The summed E-state index contributed by atoms with van der Waals surface area (Å²) in [6, 6.07) is 3.88. The van der Waals surface area contributed by atoms with Gasteiger partial charge in [-0.05, 0) is 25.1 Å². The van der Waals surface area contributed by atoms with E-state index in [2.05, 4.69) is 9.97 Å². The molecule has 0 radical (unpaired) electrons. The number of rotatable bonds is 4. The van der Waals surface area contributed by atoms with Gasteiger partial charge in [-0.15, -0.1) is 0 Å². The molecular formula is C10H13N3O. The number of pyridine rings is 1. The smallest absolute Gasteiger partial charge is 0.146 e. The topological polar surface area (TPSA) is 63.9 Å². The van der Waals surface area contributed by atoms with E-state index in [4.69, 9.17) is 10.5 Å². The van der Waals surface area contributed by atoms with Crippen molar-refractivity contribution in [3.63, 3.8) is 0 Å². The number of aromatic amines is 1. The predicted octanol–water partition coefficient (Wildman–Crippen LogP) is 1.29. The third-order valence-corrected chi connectivity index (χ3v) is 2.02. The summed E-state index contributed by atoms with van der Waals surface area (Å²) in [5, 5.41) is 1.02. The fraction of sp³-hybridized carbons (Fsp3) is 0.300. The van der Waals surface area contributed by atoms with E-state index < -0.39 is 0 Å². The Kier molecular flexibility index (Phi) is 2.65. The lowest BCUT2D eigenvalue weighted by atomic mass is 10.3. The zero-order valence-electron chi connectivity index (χ0n) is 7.86. The Morgan fingerprint density at radius 3 is 3.29 bits per heavy atom. The maximum absolute atomic E-state index is 5.55. The second-order valence-corrected chi connectivity index (χ2v) is 3.04. The van der Waals surface area contributed by atoms with Crippen LogP contribution in [0.25, 0.3) is 11.0 Å². The summed E-state index contributed by atoms with van der Waals surface area (Å²) in [6.07, 6.45) is 4.45. The number of fused-ring (bicyclic) bond motifs is 1. The number of ether oxygens (including phenoxy) is 1. The molecule has 0 unspecified atom stereocenters. The average molecular weight is 191 g/mol. The number of H-pyrrole nitrogens is 1. The van der Waals surface area contributed by atoms with Crippen molar-refractivity contribution in [1.29, 1.82) is 0 Å². The van der Waals surface area contributed by atoms with Gasteiger partial charge in [0, 0.05) is 12.4 Å². The van der Waals surface area contributed by atoms with Crippen LogP contribution in [0.1, 0.15) is 6.42 Å². The van der Waals surface area contributed by atoms with E-state index in [1.807, 2.05) is 18.3 Å². The van der Waals surface area contributed by atoms with Crippen LogP contribution in [0.3, 0.4) is 0 Å². The fourth-order valence-corrected chi connectivity index (χ4v) is 1.32. The van der Waals surface area contributed by atoms with Crippen LogP contribution >= 0.6 is 0 Å². The van der Waals surface area contributed by atoms with Gasteiger partial charge in [0.25, 0.3) is 0 Å². The van der Waals surface area contributed by atoms with E-state index in [1.54, 1.807) is 6.20 Å². The Hall–Kier alpha value is -1.55. The lowest BCUT2D eigenvalue weighted by molar-refractivity contribution is 0.317. The van der Waals surface area contributed by atoms with Crippen molar-refractivity contribution in [3.8, 4) is 5.75 Å². The summed E-state index contributed by atoms with van der Waals surface area (Å²) in [7, 11) is 0. The van der Waals surface area contributed by atoms with Gasteiger partial charge >= 0.3 is 0 Å².